The maximum Gasteiger partial charge on any atom is 0.145 e. The van der Waals surface area contributed by atoms with E-state index < -0.39 is 0 Å². The van der Waals surface area contributed by atoms with Gasteiger partial charge in [0.05, 0.1) is 39.0 Å². The van der Waals surface area contributed by atoms with Crippen LogP contribution in [0.15, 0.2) is 164 Å². The average molecular weight is 626 g/mol. The Bertz CT molecular complexity index is 2860. The van der Waals surface area contributed by atoms with Crippen molar-refractivity contribution in [3.63, 3.8) is 0 Å². The molecule has 0 spiro atoms. The first-order chi connectivity index (χ1) is 24.3. The maximum atomic E-state index is 5.41. The van der Waals surface area contributed by atoms with Crippen molar-refractivity contribution in [2.75, 3.05) is 0 Å². The van der Waals surface area contributed by atoms with Crippen molar-refractivity contribution in [3.8, 4) is 39.6 Å². The van der Waals surface area contributed by atoms with Crippen molar-refractivity contribution in [1.29, 1.82) is 0 Å². The van der Waals surface area contributed by atoms with Gasteiger partial charge in [0.25, 0.3) is 0 Å². The van der Waals surface area contributed by atoms with Crippen molar-refractivity contribution in [3.05, 3.63) is 164 Å². The Morgan fingerprint density at radius 2 is 1.14 bits per heavy atom. The third-order valence-electron chi connectivity index (χ3n) is 9.42. The molecular formula is C44H27N5. The molecule has 6 aromatic carbocycles. The summed E-state index contributed by atoms with van der Waals surface area (Å²) in [5.41, 5.74) is 10.7. The van der Waals surface area contributed by atoms with Gasteiger partial charge in [-0.05, 0) is 41.8 Å². The number of fused-ring (bicyclic) bond motifs is 8. The van der Waals surface area contributed by atoms with E-state index in [1.165, 1.54) is 0 Å². The van der Waals surface area contributed by atoms with Crippen molar-refractivity contribution in [2.45, 2.75) is 0 Å². The molecule has 0 atom stereocenters. The highest BCUT2D eigenvalue weighted by Gasteiger charge is 2.21. The predicted molar refractivity (Wildman–Crippen MR) is 201 cm³/mol. The number of hydrogen-bond donors (Lipinski definition) is 0. The van der Waals surface area contributed by atoms with Gasteiger partial charge in [0.2, 0.25) is 0 Å². The van der Waals surface area contributed by atoms with E-state index in [4.69, 9.17) is 15.0 Å². The lowest BCUT2D eigenvalue weighted by atomic mass is 9.97. The molecule has 5 heteroatoms. The number of pyridine rings is 3. The quantitative estimate of drug-likeness (QED) is 0.183. The number of para-hydroxylation sites is 2. The van der Waals surface area contributed by atoms with Crippen LogP contribution in [0.4, 0.5) is 0 Å². The summed E-state index contributed by atoms with van der Waals surface area (Å²) in [5.74, 6) is 0.896. The summed E-state index contributed by atoms with van der Waals surface area (Å²) in [6.45, 7) is 0. The standard InChI is InChI=1S/C44H27N5/c1-3-10-32(11-4-1)44-48-43-38(49(44)33-13-5-2-6-14-33)26-24-35-34-15-7-8-16-37(34)47-40(39(35)43)30-19-17-28(18-20-30)36-25-23-31-22-21-29-12-9-27-45-41(29)42(31)46-36/h1-27H. The number of aromatic nitrogens is 5. The smallest absolute Gasteiger partial charge is 0.145 e. The molecule has 0 N–H and O–H groups in total. The van der Waals surface area contributed by atoms with Gasteiger partial charge in [-0.15, -0.1) is 0 Å². The van der Waals surface area contributed by atoms with Crippen LogP contribution in [0.3, 0.4) is 0 Å². The topological polar surface area (TPSA) is 56.5 Å². The van der Waals surface area contributed by atoms with Crippen molar-refractivity contribution in [1.82, 2.24) is 24.5 Å². The average Bonchev–Trinajstić information content (AvgIpc) is 3.58. The van der Waals surface area contributed by atoms with E-state index >= 15 is 0 Å². The minimum absolute atomic E-state index is 0.896. The molecule has 0 saturated carbocycles. The molecule has 0 unspecified atom stereocenters. The van der Waals surface area contributed by atoms with Crippen LogP contribution in [0, 0.1) is 0 Å². The number of rotatable bonds is 4. The number of nitrogens with zero attached hydrogens (tertiary/aromatic N) is 5. The fourth-order valence-corrected chi connectivity index (χ4v) is 7.09. The zero-order valence-corrected chi connectivity index (χ0v) is 26.3. The van der Waals surface area contributed by atoms with Gasteiger partial charge in [0, 0.05) is 50.1 Å². The Morgan fingerprint density at radius 3 is 1.98 bits per heavy atom. The predicted octanol–water partition coefficient (Wildman–Crippen LogP) is 10.8. The molecule has 4 heterocycles. The molecule has 0 bridgehead atoms. The molecule has 0 fully saturated rings. The Balaban J connectivity index is 1.20. The van der Waals surface area contributed by atoms with Crippen LogP contribution in [0.2, 0.25) is 0 Å². The summed E-state index contributed by atoms with van der Waals surface area (Å²) in [6.07, 6.45) is 1.83. The first-order valence-electron chi connectivity index (χ1n) is 16.4. The fraction of sp³-hybridized carbons (Fsp3) is 0. The third kappa shape index (κ3) is 4.40. The largest absolute Gasteiger partial charge is 0.292 e. The molecule has 0 amide bonds. The van der Waals surface area contributed by atoms with Gasteiger partial charge >= 0.3 is 0 Å². The lowest BCUT2D eigenvalue weighted by Gasteiger charge is -2.13. The SMILES string of the molecule is c1ccc(-c2nc3c4c(-c5ccc(-c6ccc7ccc8cccnc8c7n6)cc5)nc5ccccc5c4ccc3n2-c2ccccc2)cc1. The molecule has 10 rings (SSSR count). The fourth-order valence-electron chi connectivity index (χ4n) is 7.09. The van der Waals surface area contributed by atoms with E-state index in [1.54, 1.807) is 0 Å². The van der Waals surface area contributed by atoms with Crippen LogP contribution in [0.5, 0.6) is 0 Å². The van der Waals surface area contributed by atoms with E-state index in [9.17, 15) is 0 Å². The summed E-state index contributed by atoms with van der Waals surface area (Å²) in [5, 5.41) is 5.44. The van der Waals surface area contributed by atoms with Crippen LogP contribution in [0.25, 0.3) is 94.1 Å². The molecule has 0 aliphatic rings. The van der Waals surface area contributed by atoms with E-state index in [-0.39, 0.29) is 0 Å². The van der Waals surface area contributed by atoms with Crippen LogP contribution in [0.1, 0.15) is 0 Å². The molecule has 4 aromatic heterocycles. The maximum absolute atomic E-state index is 5.41. The monoisotopic (exact) mass is 625 g/mol. The molecular weight excluding hydrogens is 599 g/mol. The van der Waals surface area contributed by atoms with Crippen molar-refractivity contribution >= 4 is 54.5 Å². The summed E-state index contributed by atoms with van der Waals surface area (Å²) in [4.78, 5) is 20.5. The van der Waals surface area contributed by atoms with E-state index in [2.05, 4.69) is 143 Å². The van der Waals surface area contributed by atoms with Gasteiger partial charge in [0.15, 0.2) is 0 Å². The van der Waals surface area contributed by atoms with Crippen LogP contribution in [-0.4, -0.2) is 24.5 Å². The molecule has 10 aromatic rings. The number of benzene rings is 6. The highest BCUT2D eigenvalue weighted by Crippen LogP contribution is 2.40. The van der Waals surface area contributed by atoms with E-state index in [0.717, 1.165) is 94.1 Å². The summed E-state index contributed by atoms with van der Waals surface area (Å²) >= 11 is 0. The summed E-state index contributed by atoms with van der Waals surface area (Å²) < 4.78 is 2.26. The number of hydrogen-bond acceptors (Lipinski definition) is 4. The van der Waals surface area contributed by atoms with Crippen molar-refractivity contribution < 1.29 is 0 Å². The zero-order valence-electron chi connectivity index (χ0n) is 26.3. The van der Waals surface area contributed by atoms with Gasteiger partial charge in [-0.3, -0.25) is 9.55 Å². The first kappa shape index (κ1) is 27.4. The van der Waals surface area contributed by atoms with E-state index in [1.807, 2.05) is 30.5 Å². The molecule has 0 aliphatic carbocycles. The van der Waals surface area contributed by atoms with Crippen LogP contribution < -0.4 is 0 Å². The highest BCUT2D eigenvalue weighted by atomic mass is 15.1. The van der Waals surface area contributed by atoms with Crippen LogP contribution in [-0.2, 0) is 0 Å². The normalized spacial score (nSPS) is 11.7. The van der Waals surface area contributed by atoms with Gasteiger partial charge < -0.3 is 0 Å². The summed E-state index contributed by atoms with van der Waals surface area (Å²) in [6, 6.07) is 54.7. The third-order valence-corrected chi connectivity index (χ3v) is 9.42. The van der Waals surface area contributed by atoms with E-state index in [0.29, 0.717) is 0 Å². The summed E-state index contributed by atoms with van der Waals surface area (Å²) in [7, 11) is 0. The number of imidazole rings is 1. The molecule has 5 nitrogen and oxygen atoms in total. The Hall–Kier alpha value is -6.72. The Kier molecular flexibility index (Phi) is 6.11. The lowest BCUT2D eigenvalue weighted by Crippen LogP contribution is -1.97. The highest BCUT2D eigenvalue weighted by molar-refractivity contribution is 6.20. The minimum Gasteiger partial charge on any atom is -0.292 e. The lowest BCUT2D eigenvalue weighted by molar-refractivity contribution is 1.10. The zero-order chi connectivity index (χ0) is 32.3. The van der Waals surface area contributed by atoms with Gasteiger partial charge in [-0.1, -0.05) is 121 Å². The second kappa shape index (κ2) is 10.9. The van der Waals surface area contributed by atoms with Crippen LogP contribution >= 0.6 is 0 Å². The second-order valence-corrected chi connectivity index (χ2v) is 12.3. The molecule has 228 valence electrons. The van der Waals surface area contributed by atoms with Gasteiger partial charge in [-0.25, -0.2) is 15.0 Å². The van der Waals surface area contributed by atoms with Crippen molar-refractivity contribution in [2.24, 2.45) is 0 Å². The molecule has 0 radical (unpaired) electrons. The Labute approximate surface area is 281 Å². The molecule has 0 aliphatic heterocycles. The second-order valence-electron chi connectivity index (χ2n) is 12.3. The minimum atomic E-state index is 0.896. The Morgan fingerprint density at radius 1 is 0.429 bits per heavy atom. The first-order valence-corrected chi connectivity index (χ1v) is 16.4. The van der Waals surface area contributed by atoms with Gasteiger partial charge in [0.1, 0.15) is 5.82 Å². The molecule has 0 saturated heterocycles. The molecule has 49 heavy (non-hydrogen) atoms. The van der Waals surface area contributed by atoms with Gasteiger partial charge in [-0.2, -0.15) is 0 Å².